The van der Waals surface area contributed by atoms with E-state index in [1.807, 2.05) is 6.92 Å². The van der Waals surface area contributed by atoms with Gasteiger partial charge < -0.3 is 15.7 Å². The molecule has 1 atom stereocenters. The van der Waals surface area contributed by atoms with Gasteiger partial charge in [0, 0.05) is 6.04 Å². The first-order valence-electron chi connectivity index (χ1n) is 5.89. The van der Waals surface area contributed by atoms with Gasteiger partial charge in [-0.1, -0.05) is 19.8 Å². The Labute approximate surface area is 95.6 Å². The van der Waals surface area contributed by atoms with E-state index >= 15 is 0 Å². The van der Waals surface area contributed by atoms with Crippen LogP contribution < -0.4 is 10.6 Å². The summed E-state index contributed by atoms with van der Waals surface area (Å²) in [6, 6.07) is -0.280. The fourth-order valence-electron chi connectivity index (χ4n) is 1.44. The van der Waals surface area contributed by atoms with Crippen LogP contribution in [0.3, 0.4) is 0 Å². The summed E-state index contributed by atoms with van der Waals surface area (Å²) in [7, 11) is 0. The van der Waals surface area contributed by atoms with Crippen molar-refractivity contribution in [2.75, 3.05) is 6.54 Å². The van der Waals surface area contributed by atoms with E-state index in [1.165, 1.54) is 0 Å². The standard InChI is InChI=1S/C11H20N2O3/c1-2-3-4-9(11(15)16)13-10(14)7-12-8-5-6-8/h8-9,12H,2-7H2,1H3,(H,13,14)(H,15,16)/t9-/m0/s1. The van der Waals surface area contributed by atoms with E-state index in [2.05, 4.69) is 10.6 Å². The molecular weight excluding hydrogens is 208 g/mol. The zero-order chi connectivity index (χ0) is 12.0. The number of unbranched alkanes of at least 4 members (excludes halogenated alkanes) is 1. The highest BCUT2D eigenvalue weighted by Crippen LogP contribution is 2.17. The molecule has 1 rings (SSSR count). The molecule has 0 saturated heterocycles. The third-order valence-corrected chi connectivity index (χ3v) is 2.61. The maximum absolute atomic E-state index is 11.4. The topological polar surface area (TPSA) is 78.4 Å². The lowest BCUT2D eigenvalue weighted by atomic mass is 10.1. The zero-order valence-electron chi connectivity index (χ0n) is 9.66. The fraction of sp³-hybridized carbons (Fsp3) is 0.818. The van der Waals surface area contributed by atoms with E-state index in [-0.39, 0.29) is 12.5 Å². The molecule has 0 aromatic heterocycles. The van der Waals surface area contributed by atoms with Gasteiger partial charge in [0.1, 0.15) is 6.04 Å². The Balaban J connectivity index is 2.22. The van der Waals surface area contributed by atoms with E-state index in [9.17, 15) is 9.59 Å². The summed E-state index contributed by atoms with van der Waals surface area (Å²) in [6.07, 6.45) is 4.48. The fourth-order valence-corrected chi connectivity index (χ4v) is 1.44. The molecule has 0 aromatic rings. The van der Waals surface area contributed by atoms with Gasteiger partial charge in [0.15, 0.2) is 0 Å². The van der Waals surface area contributed by atoms with E-state index < -0.39 is 12.0 Å². The first-order valence-corrected chi connectivity index (χ1v) is 5.89. The highest BCUT2D eigenvalue weighted by Gasteiger charge is 2.23. The van der Waals surface area contributed by atoms with Crippen molar-refractivity contribution in [2.45, 2.75) is 51.1 Å². The summed E-state index contributed by atoms with van der Waals surface area (Å²) in [5.74, 6) is -1.18. The molecule has 5 heteroatoms. The molecule has 0 bridgehead atoms. The Morgan fingerprint density at radius 2 is 2.12 bits per heavy atom. The van der Waals surface area contributed by atoms with Gasteiger partial charge in [-0.05, 0) is 19.3 Å². The third kappa shape index (κ3) is 5.11. The van der Waals surface area contributed by atoms with Crippen LogP contribution in [0.2, 0.25) is 0 Å². The van der Waals surface area contributed by atoms with Crippen LogP contribution in [-0.4, -0.2) is 35.6 Å². The normalized spacial score (nSPS) is 16.8. The average Bonchev–Trinajstić information content (AvgIpc) is 3.04. The van der Waals surface area contributed by atoms with Crippen molar-refractivity contribution < 1.29 is 14.7 Å². The molecule has 3 N–H and O–H groups in total. The molecule has 16 heavy (non-hydrogen) atoms. The van der Waals surface area contributed by atoms with Crippen LogP contribution in [0.25, 0.3) is 0 Å². The Kier molecular flexibility index (Phi) is 5.25. The van der Waals surface area contributed by atoms with Crippen molar-refractivity contribution in [3.63, 3.8) is 0 Å². The molecule has 1 aliphatic carbocycles. The predicted molar refractivity (Wildman–Crippen MR) is 60.1 cm³/mol. The number of aliphatic carboxylic acids is 1. The molecule has 0 aromatic carbocycles. The van der Waals surface area contributed by atoms with Crippen LogP contribution in [-0.2, 0) is 9.59 Å². The molecule has 0 aliphatic heterocycles. The van der Waals surface area contributed by atoms with Crippen LogP contribution >= 0.6 is 0 Å². The minimum absolute atomic E-state index is 0.223. The summed E-state index contributed by atoms with van der Waals surface area (Å²) in [6.45, 7) is 2.22. The maximum Gasteiger partial charge on any atom is 0.326 e. The van der Waals surface area contributed by atoms with Gasteiger partial charge in [0.2, 0.25) is 5.91 Å². The van der Waals surface area contributed by atoms with Gasteiger partial charge in [-0.25, -0.2) is 4.79 Å². The number of hydrogen-bond acceptors (Lipinski definition) is 3. The summed E-state index contributed by atoms with van der Waals surface area (Å²) < 4.78 is 0. The predicted octanol–water partition coefficient (Wildman–Crippen LogP) is 0.498. The number of carboxylic acid groups (broad SMARTS) is 1. The SMILES string of the molecule is CCCC[C@H](NC(=O)CNC1CC1)C(=O)O. The van der Waals surface area contributed by atoms with Gasteiger partial charge in [-0.3, -0.25) is 4.79 Å². The molecule has 5 nitrogen and oxygen atoms in total. The number of carbonyl (C=O) groups excluding carboxylic acids is 1. The van der Waals surface area contributed by atoms with Crippen molar-refractivity contribution in [3.8, 4) is 0 Å². The van der Waals surface area contributed by atoms with Crippen molar-refractivity contribution in [2.24, 2.45) is 0 Å². The van der Waals surface area contributed by atoms with Crippen LogP contribution in [0.15, 0.2) is 0 Å². The van der Waals surface area contributed by atoms with Crippen molar-refractivity contribution >= 4 is 11.9 Å². The molecule has 0 unspecified atom stereocenters. The lowest BCUT2D eigenvalue weighted by Gasteiger charge is -2.14. The Morgan fingerprint density at radius 3 is 2.62 bits per heavy atom. The molecule has 1 aliphatic rings. The number of carbonyl (C=O) groups is 2. The smallest absolute Gasteiger partial charge is 0.326 e. The molecule has 1 amide bonds. The van der Waals surface area contributed by atoms with Crippen molar-refractivity contribution in [1.82, 2.24) is 10.6 Å². The van der Waals surface area contributed by atoms with Crippen LogP contribution in [0.5, 0.6) is 0 Å². The van der Waals surface area contributed by atoms with Gasteiger partial charge >= 0.3 is 5.97 Å². The van der Waals surface area contributed by atoms with Gasteiger partial charge in [-0.15, -0.1) is 0 Å². The third-order valence-electron chi connectivity index (χ3n) is 2.61. The molecule has 0 radical (unpaired) electrons. The van der Waals surface area contributed by atoms with Crippen LogP contribution in [0.1, 0.15) is 39.0 Å². The maximum atomic E-state index is 11.4. The lowest BCUT2D eigenvalue weighted by Crippen LogP contribution is -2.44. The summed E-state index contributed by atoms with van der Waals surface area (Å²) in [5, 5.41) is 14.5. The number of carboxylic acids is 1. The molecule has 1 fully saturated rings. The second-order valence-corrected chi connectivity index (χ2v) is 4.26. The summed E-state index contributed by atoms with van der Waals surface area (Å²) in [4.78, 5) is 22.3. The molecule has 0 heterocycles. The van der Waals surface area contributed by atoms with E-state index in [1.54, 1.807) is 0 Å². The number of amides is 1. The van der Waals surface area contributed by atoms with Gasteiger partial charge in [0.05, 0.1) is 6.54 Å². The summed E-state index contributed by atoms with van der Waals surface area (Å²) in [5.41, 5.74) is 0. The number of hydrogen-bond donors (Lipinski definition) is 3. The first-order chi connectivity index (χ1) is 7.63. The van der Waals surface area contributed by atoms with Crippen LogP contribution in [0, 0.1) is 0 Å². The van der Waals surface area contributed by atoms with E-state index in [0.717, 1.165) is 25.7 Å². The Morgan fingerprint density at radius 1 is 1.44 bits per heavy atom. The Bertz CT molecular complexity index is 252. The second kappa shape index (κ2) is 6.48. The van der Waals surface area contributed by atoms with Gasteiger partial charge in [-0.2, -0.15) is 0 Å². The minimum atomic E-state index is -0.951. The van der Waals surface area contributed by atoms with Crippen molar-refractivity contribution in [3.05, 3.63) is 0 Å². The van der Waals surface area contributed by atoms with E-state index in [0.29, 0.717) is 12.5 Å². The average molecular weight is 228 g/mol. The highest BCUT2D eigenvalue weighted by molar-refractivity contribution is 5.84. The summed E-state index contributed by atoms with van der Waals surface area (Å²) >= 11 is 0. The minimum Gasteiger partial charge on any atom is -0.480 e. The highest BCUT2D eigenvalue weighted by atomic mass is 16.4. The molecule has 1 saturated carbocycles. The van der Waals surface area contributed by atoms with E-state index in [4.69, 9.17) is 5.11 Å². The number of nitrogens with one attached hydrogen (secondary N) is 2. The second-order valence-electron chi connectivity index (χ2n) is 4.26. The first kappa shape index (κ1) is 13.0. The van der Waals surface area contributed by atoms with Gasteiger partial charge in [0.25, 0.3) is 0 Å². The van der Waals surface area contributed by atoms with Crippen molar-refractivity contribution in [1.29, 1.82) is 0 Å². The quantitative estimate of drug-likeness (QED) is 0.565. The molecule has 92 valence electrons. The zero-order valence-corrected chi connectivity index (χ0v) is 9.66. The molecular formula is C11H20N2O3. The Hall–Kier alpha value is -1.10. The number of rotatable bonds is 8. The largest absolute Gasteiger partial charge is 0.480 e. The monoisotopic (exact) mass is 228 g/mol. The molecule has 0 spiro atoms. The lowest BCUT2D eigenvalue weighted by molar-refractivity contribution is -0.141. The van der Waals surface area contributed by atoms with Crippen LogP contribution in [0.4, 0.5) is 0 Å².